The minimum absolute atomic E-state index is 0.709. The molecule has 0 aliphatic heterocycles. The van der Waals surface area contributed by atoms with Gasteiger partial charge in [0.25, 0.3) is 0 Å². The molecule has 0 saturated heterocycles. The van der Waals surface area contributed by atoms with Crippen molar-refractivity contribution < 1.29 is 0 Å². The summed E-state index contributed by atoms with van der Waals surface area (Å²) in [7, 11) is 0. The molecule has 0 bridgehead atoms. The van der Waals surface area contributed by atoms with Crippen molar-refractivity contribution in [2.45, 2.75) is 26.8 Å². The van der Waals surface area contributed by atoms with E-state index in [1.807, 2.05) is 6.07 Å². The number of nitrogens with zero attached hydrogens (tertiary/aromatic N) is 1. The largest absolute Gasteiger partial charge is 0.331 e. The lowest BCUT2D eigenvalue weighted by Gasteiger charge is -2.06. The topological polar surface area (TPSA) is 20.7 Å². The predicted octanol–water partition coefficient (Wildman–Crippen LogP) is 3.74. The van der Waals surface area contributed by atoms with E-state index >= 15 is 0 Å². The summed E-state index contributed by atoms with van der Waals surface area (Å²) in [6.07, 6.45) is 1.16. The molecule has 0 aliphatic carbocycles. The van der Waals surface area contributed by atoms with E-state index in [1.165, 1.54) is 5.52 Å². The Kier molecular flexibility index (Phi) is 2.91. The van der Waals surface area contributed by atoms with Crippen LogP contribution in [0.5, 0.6) is 0 Å². The van der Waals surface area contributed by atoms with Crippen molar-refractivity contribution in [3.8, 4) is 0 Å². The fourth-order valence-corrected chi connectivity index (χ4v) is 2.02. The van der Waals surface area contributed by atoms with Gasteiger partial charge in [-0.2, -0.15) is 0 Å². The number of aryl methyl sites for hydroxylation is 1. The average Bonchev–Trinajstić information content (AvgIpc) is 2.50. The second kappa shape index (κ2) is 4.19. The highest BCUT2D eigenvalue weighted by Gasteiger charge is 2.03. The van der Waals surface area contributed by atoms with Crippen molar-refractivity contribution in [1.29, 1.82) is 0 Å². The van der Waals surface area contributed by atoms with E-state index in [1.54, 1.807) is 0 Å². The highest BCUT2D eigenvalue weighted by atomic mass is 32.1. The number of aromatic amines is 1. The van der Waals surface area contributed by atoms with Crippen LogP contribution in [0.25, 0.3) is 11.0 Å². The van der Waals surface area contributed by atoms with Crippen LogP contribution in [0.1, 0.15) is 20.3 Å². The first-order valence-electron chi connectivity index (χ1n) is 5.36. The molecule has 1 aromatic heterocycles. The van der Waals surface area contributed by atoms with Crippen LogP contribution in [0.3, 0.4) is 0 Å². The first-order chi connectivity index (χ1) is 7.18. The minimum Gasteiger partial charge on any atom is -0.331 e. The molecule has 0 saturated carbocycles. The molecule has 0 atom stereocenters. The predicted molar refractivity (Wildman–Crippen MR) is 66.6 cm³/mol. The zero-order valence-electron chi connectivity index (χ0n) is 9.16. The summed E-state index contributed by atoms with van der Waals surface area (Å²) < 4.78 is 3.02. The Hall–Kier alpha value is -1.09. The van der Waals surface area contributed by atoms with Gasteiger partial charge in [0, 0.05) is 6.54 Å². The summed E-state index contributed by atoms with van der Waals surface area (Å²) in [5.41, 5.74) is 2.34. The number of nitrogens with one attached hydrogen (secondary N) is 1. The fraction of sp³-hybridized carbons (Fsp3) is 0.417. The maximum Gasteiger partial charge on any atom is 0.178 e. The molecule has 1 heterocycles. The average molecular weight is 220 g/mol. The summed E-state index contributed by atoms with van der Waals surface area (Å²) in [6, 6.07) is 8.26. The van der Waals surface area contributed by atoms with Gasteiger partial charge in [-0.1, -0.05) is 26.0 Å². The molecule has 0 fully saturated rings. The molecule has 0 spiro atoms. The van der Waals surface area contributed by atoms with Crippen molar-refractivity contribution in [3.05, 3.63) is 29.0 Å². The lowest BCUT2D eigenvalue weighted by molar-refractivity contribution is 0.520. The third-order valence-corrected chi connectivity index (χ3v) is 2.93. The van der Waals surface area contributed by atoms with Gasteiger partial charge in [-0.25, -0.2) is 0 Å². The SMILES string of the molecule is CC(C)CCn1c(=S)[nH]c2ccccc21. The maximum absolute atomic E-state index is 5.31. The summed E-state index contributed by atoms with van der Waals surface area (Å²) in [6.45, 7) is 5.47. The summed E-state index contributed by atoms with van der Waals surface area (Å²) in [5.74, 6) is 0.709. The van der Waals surface area contributed by atoms with E-state index in [-0.39, 0.29) is 0 Å². The van der Waals surface area contributed by atoms with Gasteiger partial charge in [0.2, 0.25) is 0 Å². The highest BCUT2D eigenvalue weighted by molar-refractivity contribution is 7.71. The molecule has 80 valence electrons. The third kappa shape index (κ3) is 2.12. The standard InChI is InChI=1S/C12H16N2S/c1-9(2)7-8-14-11-6-4-3-5-10(11)13-12(14)15/h3-6,9H,7-8H2,1-2H3,(H,13,15). The Bertz CT molecular complexity index is 508. The third-order valence-electron chi connectivity index (χ3n) is 2.61. The van der Waals surface area contributed by atoms with Crippen molar-refractivity contribution >= 4 is 23.3 Å². The van der Waals surface area contributed by atoms with Gasteiger partial charge in [0.05, 0.1) is 11.0 Å². The first kappa shape index (κ1) is 10.4. The number of benzene rings is 1. The van der Waals surface area contributed by atoms with E-state index < -0.39 is 0 Å². The summed E-state index contributed by atoms with van der Waals surface area (Å²) in [5, 5.41) is 0. The zero-order chi connectivity index (χ0) is 10.8. The number of hydrogen-bond donors (Lipinski definition) is 1. The maximum atomic E-state index is 5.31. The number of rotatable bonds is 3. The van der Waals surface area contributed by atoms with Gasteiger partial charge >= 0.3 is 0 Å². The van der Waals surface area contributed by atoms with E-state index in [2.05, 4.69) is 41.6 Å². The van der Waals surface area contributed by atoms with E-state index in [0.29, 0.717) is 5.92 Å². The van der Waals surface area contributed by atoms with Crippen LogP contribution in [0.4, 0.5) is 0 Å². The molecule has 15 heavy (non-hydrogen) atoms. The number of hydrogen-bond acceptors (Lipinski definition) is 1. The minimum atomic E-state index is 0.709. The van der Waals surface area contributed by atoms with Crippen LogP contribution in [-0.4, -0.2) is 9.55 Å². The molecule has 0 radical (unpaired) electrons. The molecule has 0 aliphatic rings. The molecule has 2 nitrogen and oxygen atoms in total. The van der Waals surface area contributed by atoms with Gasteiger partial charge < -0.3 is 9.55 Å². The van der Waals surface area contributed by atoms with Gasteiger partial charge in [-0.3, -0.25) is 0 Å². The number of para-hydroxylation sites is 2. The van der Waals surface area contributed by atoms with Crippen LogP contribution in [0, 0.1) is 10.7 Å². The summed E-state index contributed by atoms with van der Waals surface area (Å²) >= 11 is 5.31. The number of aromatic nitrogens is 2. The smallest absolute Gasteiger partial charge is 0.178 e. The monoisotopic (exact) mass is 220 g/mol. The zero-order valence-corrected chi connectivity index (χ0v) is 9.97. The molecule has 1 N–H and O–H groups in total. The molecule has 2 aromatic rings. The second-order valence-corrected chi connectivity index (χ2v) is 4.67. The number of fused-ring (bicyclic) bond motifs is 1. The Labute approximate surface area is 94.9 Å². The fourth-order valence-electron chi connectivity index (χ4n) is 1.72. The number of H-pyrrole nitrogens is 1. The van der Waals surface area contributed by atoms with Crippen molar-refractivity contribution in [1.82, 2.24) is 9.55 Å². The second-order valence-electron chi connectivity index (χ2n) is 4.28. The number of imidazole rings is 1. The Morgan fingerprint density at radius 1 is 1.33 bits per heavy atom. The van der Waals surface area contributed by atoms with Crippen LogP contribution in [0.2, 0.25) is 0 Å². The molecule has 2 rings (SSSR count). The molecule has 3 heteroatoms. The highest BCUT2D eigenvalue weighted by Crippen LogP contribution is 2.15. The van der Waals surface area contributed by atoms with Crippen LogP contribution >= 0.6 is 12.2 Å². The normalized spacial score (nSPS) is 11.4. The molecule has 0 unspecified atom stereocenters. The van der Waals surface area contributed by atoms with E-state index in [9.17, 15) is 0 Å². The molecule has 0 amide bonds. The van der Waals surface area contributed by atoms with Gasteiger partial charge in [0.1, 0.15) is 0 Å². The van der Waals surface area contributed by atoms with Crippen LogP contribution in [-0.2, 0) is 6.54 Å². The lowest BCUT2D eigenvalue weighted by Crippen LogP contribution is -2.01. The molecular formula is C12H16N2S. The first-order valence-corrected chi connectivity index (χ1v) is 5.77. The molecule has 1 aromatic carbocycles. The van der Waals surface area contributed by atoms with Gasteiger partial charge in [-0.15, -0.1) is 0 Å². The van der Waals surface area contributed by atoms with E-state index in [0.717, 1.165) is 23.3 Å². The van der Waals surface area contributed by atoms with E-state index in [4.69, 9.17) is 12.2 Å². The summed E-state index contributed by atoms with van der Waals surface area (Å²) in [4.78, 5) is 3.23. The van der Waals surface area contributed by atoms with Crippen molar-refractivity contribution in [2.24, 2.45) is 5.92 Å². The van der Waals surface area contributed by atoms with Crippen LogP contribution < -0.4 is 0 Å². The lowest BCUT2D eigenvalue weighted by atomic mass is 10.1. The van der Waals surface area contributed by atoms with Crippen molar-refractivity contribution in [2.75, 3.05) is 0 Å². The van der Waals surface area contributed by atoms with Gasteiger partial charge in [-0.05, 0) is 36.7 Å². The molecular weight excluding hydrogens is 204 g/mol. The van der Waals surface area contributed by atoms with Crippen molar-refractivity contribution in [3.63, 3.8) is 0 Å². The quantitative estimate of drug-likeness (QED) is 0.781. The van der Waals surface area contributed by atoms with Gasteiger partial charge in [0.15, 0.2) is 4.77 Å². The Balaban J connectivity index is 2.41. The Morgan fingerprint density at radius 3 is 2.80 bits per heavy atom. The Morgan fingerprint density at radius 2 is 2.07 bits per heavy atom. The van der Waals surface area contributed by atoms with Crippen LogP contribution in [0.15, 0.2) is 24.3 Å².